The molecule has 10 rings (SSSR count). The van der Waals surface area contributed by atoms with Crippen LogP contribution in [0.5, 0.6) is 0 Å². The third-order valence-electron chi connectivity index (χ3n) is 8.85. The molecule has 0 unspecified atom stereocenters. The molecule has 0 spiro atoms. The van der Waals surface area contributed by atoms with Crippen LogP contribution in [0.4, 0.5) is 0 Å². The highest BCUT2D eigenvalue weighted by molar-refractivity contribution is 6.24. The fraction of sp³-hybridized carbons (Fsp3) is 0. The molecule has 3 aromatic heterocycles. The highest BCUT2D eigenvalue weighted by Crippen LogP contribution is 2.49. The van der Waals surface area contributed by atoms with Gasteiger partial charge in [0.05, 0.1) is 27.8 Å². The van der Waals surface area contributed by atoms with Crippen LogP contribution in [0.1, 0.15) is 0 Å². The number of nitrogens with zero attached hydrogens (tertiary/aromatic N) is 3. The van der Waals surface area contributed by atoms with Crippen LogP contribution in [0.2, 0.25) is 0 Å². The summed E-state index contributed by atoms with van der Waals surface area (Å²) in [5.74, 6) is 0. The Hall–Kier alpha value is -5.41. The van der Waals surface area contributed by atoms with Gasteiger partial charge < -0.3 is 4.57 Å². The quantitative estimate of drug-likeness (QED) is 0.217. The molecule has 0 saturated carbocycles. The summed E-state index contributed by atoms with van der Waals surface area (Å²) >= 11 is 0. The number of aromatic nitrogens is 3. The second kappa shape index (κ2) is 7.16. The molecule has 0 N–H and O–H groups in total. The fourth-order valence-corrected chi connectivity index (χ4v) is 7.19. The van der Waals surface area contributed by atoms with Gasteiger partial charge >= 0.3 is 0 Å². The molecule has 0 aliphatic heterocycles. The second-order valence-electron chi connectivity index (χ2n) is 10.8. The van der Waals surface area contributed by atoms with Gasteiger partial charge in [-0.15, -0.1) is 0 Å². The molecule has 6 aromatic carbocycles. The Morgan fingerprint density at radius 1 is 0.475 bits per heavy atom. The van der Waals surface area contributed by atoms with Crippen molar-refractivity contribution in [2.24, 2.45) is 0 Å². The molecule has 0 saturated heterocycles. The minimum atomic E-state index is 0.967. The first kappa shape index (κ1) is 20.5. The van der Waals surface area contributed by atoms with E-state index in [0.29, 0.717) is 0 Å². The number of hydrogen-bond acceptors (Lipinski definition) is 1. The number of benzene rings is 6. The zero-order chi connectivity index (χ0) is 25.9. The summed E-state index contributed by atoms with van der Waals surface area (Å²) in [7, 11) is 0. The van der Waals surface area contributed by atoms with Crippen LogP contribution >= 0.6 is 0 Å². The van der Waals surface area contributed by atoms with Gasteiger partial charge in [0.25, 0.3) is 0 Å². The normalized spacial score (nSPS) is 12.5. The molecule has 0 atom stereocenters. The van der Waals surface area contributed by atoms with Crippen molar-refractivity contribution in [3.63, 3.8) is 0 Å². The molecule has 1 aliphatic rings. The molecule has 3 heteroatoms. The van der Waals surface area contributed by atoms with Crippen LogP contribution in [0.3, 0.4) is 0 Å². The van der Waals surface area contributed by atoms with Gasteiger partial charge in [-0.05, 0) is 74.8 Å². The van der Waals surface area contributed by atoms with E-state index in [2.05, 4.69) is 136 Å². The number of pyridine rings is 1. The van der Waals surface area contributed by atoms with E-state index in [1.54, 1.807) is 0 Å². The summed E-state index contributed by atoms with van der Waals surface area (Å²) < 4.78 is 4.67. The van der Waals surface area contributed by atoms with Crippen LogP contribution in [0, 0.1) is 0 Å². The Kier molecular flexibility index (Phi) is 3.68. The molecule has 3 heterocycles. The minimum Gasteiger partial charge on any atom is -0.309 e. The van der Waals surface area contributed by atoms with Crippen molar-refractivity contribution >= 4 is 60.0 Å². The molecule has 1 aliphatic carbocycles. The smallest absolute Gasteiger partial charge is 0.137 e. The molecule has 184 valence electrons. The maximum absolute atomic E-state index is 4.99. The third kappa shape index (κ3) is 2.43. The van der Waals surface area contributed by atoms with Crippen molar-refractivity contribution in [1.82, 2.24) is 14.0 Å². The number of hydrogen-bond donors (Lipinski definition) is 0. The van der Waals surface area contributed by atoms with Crippen LogP contribution < -0.4 is 0 Å². The summed E-state index contributed by atoms with van der Waals surface area (Å²) in [4.78, 5) is 4.99. The first-order valence-corrected chi connectivity index (χ1v) is 13.7. The van der Waals surface area contributed by atoms with Gasteiger partial charge in [-0.1, -0.05) is 84.9 Å². The maximum atomic E-state index is 4.99. The first-order valence-electron chi connectivity index (χ1n) is 13.7. The van der Waals surface area contributed by atoms with Crippen molar-refractivity contribution in [1.29, 1.82) is 0 Å². The SMILES string of the molecule is c1ccc2c(c1)-c1cccc3c(-n4c5cc6c(cc5c5c7ccccc7ccc54)nc4ccccn46)ccc-2c13. The highest BCUT2D eigenvalue weighted by Gasteiger charge is 2.24. The van der Waals surface area contributed by atoms with Gasteiger partial charge in [0, 0.05) is 22.4 Å². The second-order valence-corrected chi connectivity index (χ2v) is 10.8. The van der Waals surface area contributed by atoms with Crippen molar-refractivity contribution < 1.29 is 0 Å². The van der Waals surface area contributed by atoms with E-state index in [4.69, 9.17) is 4.98 Å². The van der Waals surface area contributed by atoms with Crippen molar-refractivity contribution in [2.75, 3.05) is 0 Å². The Morgan fingerprint density at radius 2 is 1.25 bits per heavy atom. The molecular formula is C37H21N3. The molecule has 0 bridgehead atoms. The monoisotopic (exact) mass is 507 g/mol. The molecule has 0 radical (unpaired) electrons. The van der Waals surface area contributed by atoms with E-state index in [9.17, 15) is 0 Å². The van der Waals surface area contributed by atoms with Crippen LogP contribution in [-0.4, -0.2) is 14.0 Å². The lowest BCUT2D eigenvalue weighted by molar-refractivity contribution is 1.19. The van der Waals surface area contributed by atoms with E-state index in [0.717, 1.165) is 16.7 Å². The molecule has 3 nitrogen and oxygen atoms in total. The summed E-state index contributed by atoms with van der Waals surface area (Å²) in [5, 5.41) is 7.64. The predicted molar refractivity (Wildman–Crippen MR) is 166 cm³/mol. The van der Waals surface area contributed by atoms with E-state index in [-0.39, 0.29) is 0 Å². The lowest BCUT2D eigenvalue weighted by Crippen LogP contribution is -1.96. The molecule has 0 fully saturated rings. The lowest BCUT2D eigenvalue weighted by atomic mass is 10.0. The van der Waals surface area contributed by atoms with Crippen LogP contribution in [-0.2, 0) is 0 Å². The molecular weight excluding hydrogens is 486 g/mol. The third-order valence-corrected chi connectivity index (χ3v) is 8.85. The van der Waals surface area contributed by atoms with E-state index < -0.39 is 0 Å². The lowest BCUT2D eigenvalue weighted by Gasteiger charge is -2.13. The summed E-state index contributed by atoms with van der Waals surface area (Å²) in [6.07, 6.45) is 2.11. The molecule has 0 amide bonds. The Morgan fingerprint density at radius 3 is 2.17 bits per heavy atom. The van der Waals surface area contributed by atoms with Crippen molar-refractivity contribution in [3.8, 4) is 27.9 Å². The number of imidazole rings is 1. The first-order chi connectivity index (χ1) is 19.8. The number of fused-ring (bicyclic) bond motifs is 11. The number of rotatable bonds is 1. The van der Waals surface area contributed by atoms with Crippen LogP contribution in [0.15, 0.2) is 128 Å². The van der Waals surface area contributed by atoms with Gasteiger partial charge in [0.15, 0.2) is 0 Å². The molecule has 40 heavy (non-hydrogen) atoms. The Labute approximate surface area is 229 Å². The van der Waals surface area contributed by atoms with Gasteiger partial charge in [0.2, 0.25) is 0 Å². The summed E-state index contributed by atoms with van der Waals surface area (Å²) in [6.45, 7) is 0. The van der Waals surface area contributed by atoms with E-state index in [1.807, 2.05) is 0 Å². The Balaban J connectivity index is 1.42. The van der Waals surface area contributed by atoms with Crippen LogP contribution in [0.25, 0.3) is 88.0 Å². The predicted octanol–water partition coefficient (Wildman–Crippen LogP) is 9.54. The maximum Gasteiger partial charge on any atom is 0.137 e. The van der Waals surface area contributed by atoms with E-state index >= 15 is 0 Å². The topological polar surface area (TPSA) is 22.2 Å². The zero-order valence-electron chi connectivity index (χ0n) is 21.5. The summed E-state index contributed by atoms with van der Waals surface area (Å²) in [5.41, 5.74) is 12.0. The zero-order valence-corrected chi connectivity index (χ0v) is 21.5. The fourth-order valence-electron chi connectivity index (χ4n) is 7.19. The van der Waals surface area contributed by atoms with Gasteiger partial charge in [-0.25, -0.2) is 4.98 Å². The van der Waals surface area contributed by atoms with Gasteiger partial charge in [-0.2, -0.15) is 0 Å². The van der Waals surface area contributed by atoms with Crippen molar-refractivity contribution in [2.45, 2.75) is 0 Å². The largest absolute Gasteiger partial charge is 0.309 e. The van der Waals surface area contributed by atoms with Gasteiger partial charge in [0.1, 0.15) is 5.65 Å². The average molecular weight is 508 g/mol. The summed E-state index contributed by atoms with van der Waals surface area (Å²) in [6, 6.07) is 44.3. The van der Waals surface area contributed by atoms with E-state index in [1.165, 1.54) is 71.3 Å². The standard InChI is InChI=1S/C37H21N3/c1-2-9-23-22(8-1)15-17-32-37(23)29-20-30-34(39-19-6-5-14-35(39)38-30)21-33(29)40(32)31-18-16-27-25-11-4-3-10-24(25)26-12-7-13-28(31)36(26)27/h1-21H. The van der Waals surface area contributed by atoms with Gasteiger partial charge in [-0.3, -0.25) is 4.40 Å². The Bertz CT molecular complexity index is 2520. The minimum absolute atomic E-state index is 0.967. The highest BCUT2D eigenvalue weighted by atomic mass is 15.0. The average Bonchev–Trinajstić information content (AvgIpc) is 3.65. The molecule has 9 aromatic rings. The van der Waals surface area contributed by atoms with Crippen molar-refractivity contribution in [3.05, 3.63) is 128 Å².